The molecule has 5 heteroatoms. The number of rotatable bonds is 4. The van der Waals surface area contributed by atoms with Crippen molar-refractivity contribution >= 4 is 6.09 Å². The van der Waals surface area contributed by atoms with Gasteiger partial charge in [0.15, 0.2) is 0 Å². The summed E-state index contributed by atoms with van der Waals surface area (Å²) < 4.78 is 11.2. The lowest BCUT2D eigenvalue weighted by Gasteiger charge is -2.34. The van der Waals surface area contributed by atoms with Crippen LogP contribution in [0.3, 0.4) is 0 Å². The number of likely N-dealkylation sites (tertiary alicyclic amines) is 1. The minimum atomic E-state index is -0.440. The van der Waals surface area contributed by atoms with E-state index in [1.165, 1.54) is 0 Å². The van der Waals surface area contributed by atoms with Gasteiger partial charge in [-0.25, -0.2) is 9.78 Å². The highest BCUT2D eigenvalue weighted by molar-refractivity contribution is 5.68. The first kappa shape index (κ1) is 17.6. The molecule has 1 aromatic heterocycles. The first-order valence-electron chi connectivity index (χ1n) is 8.37. The van der Waals surface area contributed by atoms with E-state index in [4.69, 9.17) is 9.47 Å². The third-order valence-corrected chi connectivity index (χ3v) is 3.84. The fourth-order valence-corrected chi connectivity index (χ4v) is 2.71. The van der Waals surface area contributed by atoms with Crippen LogP contribution in [0.25, 0.3) is 0 Å². The average Bonchev–Trinajstić information content (AvgIpc) is 2.46. The first-order chi connectivity index (χ1) is 10.8. The molecule has 1 unspecified atom stereocenters. The summed E-state index contributed by atoms with van der Waals surface area (Å²) >= 11 is 0. The van der Waals surface area contributed by atoms with Gasteiger partial charge >= 0.3 is 6.09 Å². The van der Waals surface area contributed by atoms with Gasteiger partial charge in [-0.05, 0) is 64.5 Å². The fourth-order valence-electron chi connectivity index (χ4n) is 2.71. The first-order valence-corrected chi connectivity index (χ1v) is 8.37. The molecule has 0 saturated carbocycles. The molecule has 1 saturated heterocycles. The van der Waals surface area contributed by atoms with Gasteiger partial charge in [-0.15, -0.1) is 0 Å². The molecule has 1 aliphatic heterocycles. The molecular formula is C18H28N2O3. The zero-order valence-corrected chi connectivity index (χ0v) is 14.7. The number of ether oxygens (including phenoxy) is 2. The molecule has 1 aliphatic rings. The van der Waals surface area contributed by atoms with Crippen LogP contribution in [0, 0.1) is 12.8 Å². The number of aromatic nitrogens is 1. The van der Waals surface area contributed by atoms with Crippen molar-refractivity contribution in [1.82, 2.24) is 9.88 Å². The number of amides is 1. The Balaban J connectivity index is 1.76. The molecule has 0 bridgehead atoms. The van der Waals surface area contributed by atoms with Crippen LogP contribution >= 0.6 is 0 Å². The van der Waals surface area contributed by atoms with Gasteiger partial charge in [-0.3, -0.25) is 0 Å². The highest BCUT2D eigenvalue weighted by Crippen LogP contribution is 2.22. The molecule has 23 heavy (non-hydrogen) atoms. The monoisotopic (exact) mass is 320 g/mol. The van der Waals surface area contributed by atoms with Crippen molar-refractivity contribution in [2.75, 3.05) is 19.7 Å². The topological polar surface area (TPSA) is 51.7 Å². The SMILES string of the molecule is Cc1ccnc(OCCC2CCCN(C(=O)OC(C)(C)C)C2)c1. The Labute approximate surface area is 139 Å². The summed E-state index contributed by atoms with van der Waals surface area (Å²) in [5.74, 6) is 1.13. The molecule has 1 aromatic rings. The van der Waals surface area contributed by atoms with Crippen molar-refractivity contribution in [2.24, 2.45) is 5.92 Å². The molecule has 128 valence electrons. The Morgan fingerprint density at radius 3 is 2.91 bits per heavy atom. The van der Waals surface area contributed by atoms with Crippen molar-refractivity contribution in [3.05, 3.63) is 23.9 Å². The number of pyridine rings is 1. The number of carbonyl (C=O) groups is 1. The predicted octanol–water partition coefficient (Wildman–Crippen LogP) is 3.81. The van der Waals surface area contributed by atoms with Crippen molar-refractivity contribution in [2.45, 2.75) is 52.6 Å². The second-order valence-corrected chi connectivity index (χ2v) is 7.24. The van der Waals surface area contributed by atoms with Crippen LogP contribution in [0.5, 0.6) is 5.88 Å². The Morgan fingerprint density at radius 1 is 1.43 bits per heavy atom. The second kappa shape index (κ2) is 7.66. The summed E-state index contributed by atoms with van der Waals surface area (Å²) in [6.07, 6.45) is 4.63. The standard InChI is InChI=1S/C18H28N2O3/c1-14-7-9-19-16(12-14)22-11-8-15-6-5-10-20(13-15)17(21)23-18(2,3)4/h7,9,12,15H,5-6,8,10-11,13H2,1-4H3. The molecule has 2 heterocycles. The number of piperidine rings is 1. The molecule has 0 aliphatic carbocycles. The summed E-state index contributed by atoms with van der Waals surface area (Å²) in [6.45, 7) is 9.88. The quantitative estimate of drug-likeness (QED) is 0.846. The van der Waals surface area contributed by atoms with Gasteiger partial charge in [0.05, 0.1) is 6.61 Å². The summed E-state index contributed by atoms with van der Waals surface area (Å²) in [7, 11) is 0. The highest BCUT2D eigenvalue weighted by atomic mass is 16.6. The van der Waals surface area contributed by atoms with Crippen LogP contribution in [0.1, 0.15) is 45.6 Å². The largest absolute Gasteiger partial charge is 0.478 e. The molecule has 0 radical (unpaired) electrons. The number of nitrogens with zero attached hydrogens (tertiary/aromatic N) is 2. The Kier molecular flexibility index (Phi) is 5.85. The van der Waals surface area contributed by atoms with Gasteiger partial charge in [-0.2, -0.15) is 0 Å². The molecule has 2 rings (SSSR count). The van der Waals surface area contributed by atoms with Crippen molar-refractivity contribution < 1.29 is 14.3 Å². The zero-order valence-electron chi connectivity index (χ0n) is 14.7. The molecule has 1 fully saturated rings. The smallest absolute Gasteiger partial charge is 0.410 e. The molecule has 0 N–H and O–H groups in total. The fraction of sp³-hybridized carbons (Fsp3) is 0.667. The summed E-state index contributed by atoms with van der Waals surface area (Å²) in [5, 5.41) is 0. The van der Waals surface area contributed by atoms with Crippen molar-refractivity contribution in [3.63, 3.8) is 0 Å². The van der Waals surface area contributed by atoms with Gasteiger partial charge in [0.25, 0.3) is 0 Å². The van der Waals surface area contributed by atoms with Crippen LogP contribution in [-0.4, -0.2) is 41.3 Å². The van der Waals surface area contributed by atoms with Crippen LogP contribution in [0.2, 0.25) is 0 Å². The maximum Gasteiger partial charge on any atom is 0.410 e. The lowest BCUT2D eigenvalue weighted by molar-refractivity contribution is 0.0154. The van der Waals surface area contributed by atoms with Gasteiger partial charge in [0.1, 0.15) is 5.60 Å². The highest BCUT2D eigenvalue weighted by Gasteiger charge is 2.27. The third-order valence-electron chi connectivity index (χ3n) is 3.84. The van der Waals surface area contributed by atoms with Gasteiger partial charge in [0.2, 0.25) is 5.88 Å². The molecule has 0 aromatic carbocycles. The average molecular weight is 320 g/mol. The van der Waals surface area contributed by atoms with E-state index < -0.39 is 5.60 Å². The number of carbonyl (C=O) groups excluding carboxylic acids is 1. The van der Waals surface area contributed by atoms with Crippen molar-refractivity contribution in [3.8, 4) is 5.88 Å². The van der Waals surface area contributed by atoms with Gasteiger partial charge in [0, 0.05) is 25.4 Å². The number of hydrogen-bond acceptors (Lipinski definition) is 4. The molecule has 1 amide bonds. The Morgan fingerprint density at radius 2 is 2.22 bits per heavy atom. The summed E-state index contributed by atoms with van der Waals surface area (Å²) in [5.41, 5.74) is 0.702. The van der Waals surface area contributed by atoms with Crippen LogP contribution in [0.4, 0.5) is 4.79 Å². The lowest BCUT2D eigenvalue weighted by Crippen LogP contribution is -2.43. The predicted molar refractivity (Wildman–Crippen MR) is 89.6 cm³/mol. The molecular weight excluding hydrogens is 292 g/mol. The van der Waals surface area contributed by atoms with E-state index in [0.29, 0.717) is 18.4 Å². The van der Waals surface area contributed by atoms with E-state index in [2.05, 4.69) is 4.98 Å². The summed E-state index contributed by atoms with van der Waals surface area (Å²) in [4.78, 5) is 18.2. The minimum Gasteiger partial charge on any atom is -0.478 e. The van der Waals surface area contributed by atoms with E-state index in [-0.39, 0.29) is 6.09 Å². The lowest BCUT2D eigenvalue weighted by atomic mass is 9.95. The van der Waals surface area contributed by atoms with Crippen molar-refractivity contribution in [1.29, 1.82) is 0 Å². The maximum atomic E-state index is 12.2. The van der Waals surface area contributed by atoms with E-state index >= 15 is 0 Å². The van der Waals surface area contributed by atoms with Gasteiger partial charge < -0.3 is 14.4 Å². The van der Waals surface area contributed by atoms with Gasteiger partial charge in [-0.1, -0.05) is 0 Å². The molecule has 5 nitrogen and oxygen atoms in total. The maximum absolute atomic E-state index is 12.2. The molecule has 0 spiro atoms. The zero-order chi connectivity index (χ0) is 16.9. The van der Waals surface area contributed by atoms with E-state index in [1.807, 2.05) is 44.7 Å². The van der Waals surface area contributed by atoms with Crippen LogP contribution < -0.4 is 4.74 Å². The normalized spacial score (nSPS) is 18.6. The second-order valence-electron chi connectivity index (χ2n) is 7.24. The van der Waals surface area contributed by atoms with E-state index in [0.717, 1.165) is 37.9 Å². The third kappa shape index (κ3) is 6.08. The van der Waals surface area contributed by atoms with Crippen LogP contribution in [-0.2, 0) is 4.74 Å². The number of hydrogen-bond donors (Lipinski definition) is 0. The van der Waals surface area contributed by atoms with E-state index in [9.17, 15) is 4.79 Å². The van der Waals surface area contributed by atoms with Crippen LogP contribution in [0.15, 0.2) is 18.3 Å². The van der Waals surface area contributed by atoms with E-state index in [1.54, 1.807) is 6.20 Å². The number of aryl methyl sites for hydroxylation is 1. The summed E-state index contributed by atoms with van der Waals surface area (Å²) in [6, 6.07) is 3.89. The Bertz CT molecular complexity index is 525. The molecule has 1 atom stereocenters. The minimum absolute atomic E-state index is 0.205. The Hall–Kier alpha value is -1.78.